The van der Waals surface area contributed by atoms with Crippen molar-refractivity contribution in [3.8, 4) is 0 Å². The fraction of sp³-hybridized carbons (Fsp3) is 0.455. The highest BCUT2D eigenvalue weighted by atomic mass is 35.5. The summed E-state index contributed by atoms with van der Waals surface area (Å²) in [7, 11) is 0. The van der Waals surface area contributed by atoms with E-state index in [0.717, 1.165) is 10.6 Å². The van der Waals surface area contributed by atoms with Crippen molar-refractivity contribution >= 4 is 23.4 Å². The second-order valence-electron chi connectivity index (χ2n) is 3.29. The predicted molar refractivity (Wildman–Crippen MR) is 65.0 cm³/mol. The van der Waals surface area contributed by atoms with Crippen molar-refractivity contribution in [1.82, 2.24) is 0 Å². The van der Waals surface area contributed by atoms with E-state index in [9.17, 15) is 0 Å². The Morgan fingerprint density at radius 1 is 1.50 bits per heavy atom. The van der Waals surface area contributed by atoms with E-state index in [1.807, 2.05) is 23.9 Å². The van der Waals surface area contributed by atoms with Gasteiger partial charge in [0, 0.05) is 21.7 Å². The van der Waals surface area contributed by atoms with Crippen molar-refractivity contribution in [3.05, 3.63) is 28.8 Å². The van der Waals surface area contributed by atoms with E-state index < -0.39 is 0 Å². The Kier molecular flexibility index (Phi) is 4.79. The molecule has 1 rings (SSSR count). The molecule has 3 heteroatoms. The Balaban J connectivity index is 2.76. The number of benzene rings is 1. The average Bonchev–Trinajstić information content (AvgIpc) is 2.18. The first kappa shape index (κ1) is 11.9. The average molecular weight is 230 g/mol. The molecular formula is C11H16ClNS. The largest absolute Gasteiger partial charge is 0.326 e. The van der Waals surface area contributed by atoms with Gasteiger partial charge in [-0.25, -0.2) is 0 Å². The molecule has 0 saturated heterocycles. The van der Waals surface area contributed by atoms with Gasteiger partial charge in [0.2, 0.25) is 0 Å². The first-order valence-corrected chi connectivity index (χ1v) is 6.08. The molecule has 0 heterocycles. The third-order valence-corrected chi connectivity index (χ3v) is 3.77. The molecule has 0 aliphatic heterocycles. The summed E-state index contributed by atoms with van der Waals surface area (Å²) in [5.41, 5.74) is 6.55. The van der Waals surface area contributed by atoms with Crippen molar-refractivity contribution in [3.63, 3.8) is 0 Å². The van der Waals surface area contributed by atoms with Gasteiger partial charge in [-0.1, -0.05) is 31.5 Å². The summed E-state index contributed by atoms with van der Waals surface area (Å²) >= 11 is 7.91. The van der Waals surface area contributed by atoms with E-state index in [1.165, 1.54) is 11.3 Å². The molecule has 0 spiro atoms. The van der Waals surface area contributed by atoms with E-state index in [-0.39, 0.29) is 0 Å². The number of hydrogen-bond acceptors (Lipinski definition) is 2. The van der Waals surface area contributed by atoms with Crippen LogP contribution in [0.1, 0.15) is 25.8 Å². The van der Waals surface area contributed by atoms with Crippen LogP contribution >= 0.6 is 23.4 Å². The lowest BCUT2D eigenvalue weighted by Crippen LogP contribution is -1.97. The molecule has 0 aliphatic carbocycles. The highest BCUT2D eigenvalue weighted by Gasteiger charge is 2.04. The van der Waals surface area contributed by atoms with Gasteiger partial charge in [-0.05, 0) is 24.1 Å². The minimum Gasteiger partial charge on any atom is -0.326 e. The van der Waals surface area contributed by atoms with Gasteiger partial charge < -0.3 is 5.73 Å². The van der Waals surface area contributed by atoms with Crippen LogP contribution in [0, 0.1) is 0 Å². The van der Waals surface area contributed by atoms with Crippen LogP contribution in [0.15, 0.2) is 23.1 Å². The molecule has 1 aromatic rings. The zero-order valence-corrected chi connectivity index (χ0v) is 10.2. The van der Waals surface area contributed by atoms with E-state index in [2.05, 4.69) is 19.9 Å². The zero-order valence-electron chi connectivity index (χ0n) is 8.59. The molecule has 0 fully saturated rings. The summed E-state index contributed by atoms with van der Waals surface area (Å²) in [4.78, 5) is 1.22. The quantitative estimate of drug-likeness (QED) is 0.797. The molecule has 0 aromatic heterocycles. The van der Waals surface area contributed by atoms with Gasteiger partial charge in [-0.2, -0.15) is 0 Å². The zero-order chi connectivity index (χ0) is 10.6. The summed E-state index contributed by atoms with van der Waals surface area (Å²) in [5.74, 6) is 0. The summed E-state index contributed by atoms with van der Waals surface area (Å²) in [6.07, 6.45) is 1.17. The lowest BCUT2D eigenvalue weighted by atomic mass is 10.2. The second-order valence-corrected chi connectivity index (χ2v) is 5.21. The Morgan fingerprint density at radius 2 is 2.21 bits per heavy atom. The minimum atomic E-state index is 0.507. The molecule has 1 unspecified atom stereocenters. The molecule has 0 aliphatic rings. The molecule has 14 heavy (non-hydrogen) atoms. The van der Waals surface area contributed by atoms with Crippen molar-refractivity contribution in [2.45, 2.75) is 37.0 Å². The lowest BCUT2D eigenvalue weighted by Gasteiger charge is -2.09. The maximum absolute atomic E-state index is 6.06. The van der Waals surface area contributed by atoms with E-state index in [0.29, 0.717) is 11.8 Å². The molecule has 2 N–H and O–H groups in total. The Morgan fingerprint density at radius 3 is 2.71 bits per heavy atom. The monoisotopic (exact) mass is 229 g/mol. The number of hydrogen-bond donors (Lipinski definition) is 1. The lowest BCUT2D eigenvalue weighted by molar-refractivity contribution is 0.905. The van der Waals surface area contributed by atoms with Gasteiger partial charge >= 0.3 is 0 Å². The molecule has 0 saturated carbocycles. The van der Waals surface area contributed by atoms with Crippen LogP contribution in [0.5, 0.6) is 0 Å². The summed E-state index contributed by atoms with van der Waals surface area (Å²) in [6.45, 7) is 4.91. The standard InChI is InChI=1S/C11H16ClNS/c1-3-8(2)14-10-5-4-9(7-13)11(12)6-10/h4-6,8H,3,7,13H2,1-2H3. The maximum Gasteiger partial charge on any atom is 0.0462 e. The van der Waals surface area contributed by atoms with Crippen molar-refractivity contribution in [2.75, 3.05) is 0 Å². The molecule has 0 bridgehead atoms. The molecule has 0 amide bonds. The highest BCUT2D eigenvalue weighted by molar-refractivity contribution is 7.99. The van der Waals surface area contributed by atoms with Crippen molar-refractivity contribution in [1.29, 1.82) is 0 Å². The van der Waals surface area contributed by atoms with Gasteiger partial charge in [0.15, 0.2) is 0 Å². The number of thioether (sulfide) groups is 1. The number of rotatable bonds is 4. The molecule has 1 nitrogen and oxygen atoms in total. The van der Waals surface area contributed by atoms with Gasteiger partial charge in [0.05, 0.1) is 0 Å². The summed E-state index contributed by atoms with van der Waals surface area (Å²) in [5, 5.41) is 1.41. The van der Waals surface area contributed by atoms with Crippen LogP contribution in [0.4, 0.5) is 0 Å². The van der Waals surface area contributed by atoms with Gasteiger partial charge in [-0.15, -0.1) is 11.8 Å². The third-order valence-electron chi connectivity index (χ3n) is 2.16. The molecule has 1 aromatic carbocycles. The highest BCUT2D eigenvalue weighted by Crippen LogP contribution is 2.28. The van der Waals surface area contributed by atoms with E-state index in [4.69, 9.17) is 17.3 Å². The topological polar surface area (TPSA) is 26.0 Å². The third kappa shape index (κ3) is 3.19. The fourth-order valence-electron chi connectivity index (χ4n) is 1.08. The van der Waals surface area contributed by atoms with Crippen molar-refractivity contribution < 1.29 is 0 Å². The van der Waals surface area contributed by atoms with Gasteiger partial charge in [-0.3, -0.25) is 0 Å². The number of halogens is 1. The van der Waals surface area contributed by atoms with Crippen LogP contribution in [0.2, 0.25) is 5.02 Å². The van der Waals surface area contributed by atoms with Crippen LogP contribution in [-0.2, 0) is 6.54 Å². The van der Waals surface area contributed by atoms with Gasteiger partial charge in [0.1, 0.15) is 0 Å². The minimum absolute atomic E-state index is 0.507. The molecule has 1 atom stereocenters. The molecule has 78 valence electrons. The van der Waals surface area contributed by atoms with E-state index in [1.54, 1.807) is 0 Å². The smallest absolute Gasteiger partial charge is 0.0462 e. The van der Waals surface area contributed by atoms with Gasteiger partial charge in [0.25, 0.3) is 0 Å². The van der Waals surface area contributed by atoms with Crippen LogP contribution < -0.4 is 5.73 Å². The first-order chi connectivity index (χ1) is 6.67. The maximum atomic E-state index is 6.06. The fourth-order valence-corrected chi connectivity index (χ4v) is 2.37. The first-order valence-electron chi connectivity index (χ1n) is 4.82. The normalized spacial score (nSPS) is 12.9. The number of nitrogens with two attached hydrogens (primary N) is 1. The predicted octanol–water partition coefficient (Wildman–Crippen LogP) is 3.69. The Labute approximate surface area is 95.0 Å². The second kappa shape index (κ2) is 5.64. The molecule has 0 radical (unpaired) electrons. The Bertz CT molecular complexity index is 301. The Hall–Kier alpha value is -0.180. The SMILES string of the molecule is CCC(C)Sc1ccc(CN)c(Cl)c1. The summed E-state index contributed by atoms with van der Waals surface area (Å²) < 4.78 is 0. The van der Waals surface area contributed by atoms with Crippen molar-refractivity contribution in [2.24, 2.45) is 5.73 Å². The van der Waals surface area contributed by atoms with Crippen LogP contribution in [0.25, 0.3) is 0 Å². The van der Waals surface area contributed by atoms with E-state index >= 15 is 0 Å². The van der Waals surface area contributed by atoms with Crippen LogP contribution in [0.3, 0.4) is 0 Å². The summed E-state index contributed by atoms with van der Waals surface area (Å²) in [6, 6.07) is 6.10. The van der Waals surface area contributed by atoms with Crippen LogP contribution in [-0.4, -0.2) is 5.25 Å². The molecular weight excluding hydrogens is 214 g/mol.